The van der Waals surface area contributed by atoms with Gasteiger partial charge in [0.05, 0.1) is 12.2 Å². The Balaban J connectivity index is 2.01. The Kier molecular flexibility index (Phi) is 5.34. The fraction of sp³-hybridized carbons (Fsp3) is 0.300. The van der Waals surface area contributed by atoms with Gasteiger partial charge in [-0.2, -0.15) is 4.89 Å². The maximum absolute atomic E-state index is 13.3. The summed E-state index contributed by atoms with van der Waals surface area (Å²) in [6.07, 6.45) is -0.905. The molecular weight excluding hydrogens is 384 g/mol. The average Bonchev–Trinajstić information content (AvgIpc) is 2.83. The van der Waals surface area contributed by atoms with Gasteiger partial charge in [0.15, 0.2) is 0 Å². The van der Waals surface area contributed by atoms with Crippen molar-refractivity contribution in [1.82, 2.24) is 5.32 Å². The van der Waals surface area contributed by atoms with Crippen LogP contribution >= 0.6 is 11.6 Å². The van der Waals surface area contributed by atoms with Gasteiger partial charge in [-0.15, -0.1) is 0 Å². The Morgan fingerprint density at radius 3 is 2.50 bits per heavy atom. The quantitative estimate of drug-likeness (QED) is 0.456. The predicted molar refractivity (Wildman–Crippen MR) is 104 cm³/mol. The normalized spacial score (nSPS) is 18.8. The Hall–Kier alpha value is -2.61. The van der Waals surface area contributed by atoms with Crippen molar-refractivity contribution < 1.29 is 24.5 Å². The molecule has 0 bridgehead atoms. The Morgan fingerprint density at radius 1 is 1.21 bits per heavy atom. The molecule has 7 nitrogen and oxygen atoms in total. The number of alkyl carbamates (subject to hydrolysis) is 1. The Labute approximate surface area is 167 Å². The minimum Gasteiger partial charge on any atom is -0.444 e. The van der Waals surface area contributed by atoms with Crippen LogP contribution in [0.2, 0.25) is 5.02 Å². The number of hydrogen-bond acceptors (Lipinski definition) is 5. The lowest BCUT2D eigenvalue weighted by Crippen LogP contribution is -2.55. The van der Waals surface area contributed by atoms with E-state index in [-0.39, 0.29) is 12.1 Å². The van der Waals surface area contributed by atoms with E-state index in [1.807, 2.05) is 30.3 Å². The second kappa shape index (κ2) is 7.43. The van der Waals surface area contributed by atoms with Gasteiger partial charge in [-0.1, -0.05) is 41.9 Å². The topological polar surface area (TPSA) is 88.1 Å². The van der Waals surface area contributed by atoms with Gasteiger partial charge in [0, 0.05) is 10.6 Å². The maximum atomic E-state index is 13.3. The zero-order valence-electron chi connectivity index (χ0n) is 15.7. The maximum Gasteiger partial charge on any atom is 0.410 e. The third-order valence-electron chi connectivity index (χ3n) is 4.17. The molecule has 0 radical (unpaired) electrons. The summed E-state index contributed by atoms with van der Waals surface area (Å²) in [5.41, 5.74) is -1.39. The molecule has 3 rings (SSSR count). The van der Waals surface area contributed by atoms with Gasteiger partial charge in [-0.25, -0.2) is 10.1 Å². The van der Waals surface area contributed by atoms with Crippen LogP contribution in [-0.4, -0.2) is 22.9 Å². The zero-order valence-corrected chi connectivity index (χ0v) is 16.5. The molecule has 1 heterocycles. The number of carbonyl (C=O) groups is 2. The van der Waals surface area contributed by atoms with Crippen LogP contribution in [0.5, 0.6) is 0 Å². The van der Waals surface area contributed by atoms with Crippen molar-refractivity contribution in [2.24, 2.45) is 0 Å². The van der Waals surface area contributed by atoms with Crippen LogP contribution in [0.4, 0.5) is 10.5 Å². The van der Waals surface area contributed by atoms with Crippen LogP contribution in [0, 0.1) is 0 Å². The third kappa shape index (κ3) is 3.82. The van der Waals surface area contributed by atoms with E-state index >= 15 is 0 Å². The molecule has 0 saturated heterocycles. The number of benzene rings is 2. The number of hydrogen-bond donors (Lipinski definition) is 2. The Bertz CT molecular complexity index is 897. The molecule has 0 saturated carbocycles. The molecule has 0 aliphatic carbocycles. The van der Waals surface area contributed by atoms with Crippen LogP contribution in [0.3, 0.4) is 0 Å². The largest absolute Gasteiger partial charge is 0.444 e. The summed E-state index contributed by atoms with van der Waals surface area (Å²) < 4.78 is 5.23. The highest BCUT2D eigenvalue weighted by Gasteiger charge is 2.55. The summed E-state index contributed by atoms with van der Waals surface area (Å²) in [5.74, 6) is -0.665. The average molecular weight is 405 g/mol. The Morgan fingerprint density at radius 2 is 1.89 bits per heavy atom. The van der Waals surface area contributed by atoms with Crippen molar-refractivity contribution in [3.05, 3.63) is 64.7 Å². The molecule has 2 amide bonds. The van der Waals surface area contributed by atoms with Crippen molar-refractivity contribution in [3.63, 3.8) is 0 Å². The van der Waals surface area contributed by atoms with Gasteiger partial charge in [-0.3, -0.25) is 10.1 Å². The lowest BCUT2D eigenvalue weighted by molar-refractivity contribution is -0.321. The molecule has 1 atom stereocenters. The summed E-state index contributed by atoms with van der Waals surface area (Å²) in [6, 6.07) is 13.9. The molecule has 148 valence electrons. The summed E-state index contributed by atoms with van der Waals surface area (Å²) in [6.45, 7) is 5.26. The van der Waals surface area contributed by atoms with Crippen molar-refractivity contribution in [2.75, 3.05) is 4.90 Å². The summed E-state index contributed by atoms with van der Waals surface area (Å²) in [5, 5.41) is 12.5. The molecular formula is C20H21ClN2O5. The van der Waals surface area contributed by atoms with Gasteiger partial charge < -0.3 is 9.64 Å². The molecule has 1 aliphatic rings. The van der Waals surface area contributed by atoms with E-state index in [1.165, 1.54) is 11.0 Å². The molecule has 8 heteroatoms. The van der Waals surface area contributed by atoms with Crippen LogP contribution in [0.25, 0.3) is 0 Å². The van der Waals surface area contributed by atoms with Crippen LogP contribution in [0.15, 0.2) is 48.5 Å². The molecule has 0 aromatic heterocycles. The van der Waals surface area contributed by atoms with Gasteiger partial charge in [0.25, 0.3) is 11.6 Å². The number of rotatable bonds is 4. The zero-order chi connectivity index (χ0) is 20.5. The van der Waals surface area contributed by atoms with Gasteiger partial charge in [0.2, 0.25) is 0 Å². The SMILES string of the molecule is CC(C)(C)OC(=O)N[C@@]1(OO)C(=O)N(Cc2ccccc2)c2cc(Cl)ccc21. The van der Waals surface area contributed by atoms with E-state index in [0.717, 1.165) is 5.56 Å². The highest BCUT2D eigenvalue weighted by molar-refractivity contribution is 6.31. The highest BCUT2D eigenvalue weighted by Crippen LogP contribution is 2.43. The summed E-state index contributed by atoms with van der Waals surface area (Å²) in [7, 11) is 0. The predicted octanol–water partition coefficient (Wildman–Crippen LogP) is 4.05. The van der Waals surface area contributed by atoms with Gasteiger partial charge in [-0.05, 0) is 44.5 Å². The number of halogens is 1. The molecule has 0 spiro atoms. The summed E-state index contributed by atoms with van der Waals surface area (Å²) in [4.78, 5) is 31.6. The first-order chi connectivity index (χ1) is 13.2. The lowest BCUT2D eigenvalue weighted by Gasteiger charge is -2.28. The fourth-order valence-electron chi connectivity index (χ4n) is 3.04. The van der Waals surface area contributed by atoms with E-state index in [2.05, 4.69) is 10.2 Å². The number of ether oxygens (including phenoxy) is 1. The first kappa shape index (κ1) is 20.1. The van der Waals surface area contributed by atoms with Crippen molar-refractivity contribution in [3.8, 4) is 0 Å². The first-order valence-electron chi connectivity index (χ1n) is 8.66. The molecule has 0 unspecified atom stereocenters. The van der Waals surface area contributed by atoms with Crippen molar-refractivity contribution in [1.29, 1.82) is 0 Å². The van der Waals surface area contributed by atoms with Gasteiger partial charge >= 0.3 is 6.09 Å². The molecule has 0 fully saturated rings. The summed E-state index contributed by atoms with van der Waals surface area (Å²) >= 11 is 6.12. The molecule has 2 aromatic carbocycles. The smallest absolute Gasteiger partial charge is 0.410 e. The monoisotopic (exact) mass is 404 g/mol. The fourth-order valence-corrected chi connectivity index (χ4v) is 3.21. The minimum atomic E-state index is -2.13. The van der Waals surface area contributed by atoms with Crippen LogP contribution in [-0.2, 0) is 26.7 Å². The van der Waals surface area contributed by atoms with Crippen molar-refractivity contribution >= 4 is 29.3 Å². The molecule has 2 aromatic rings. The number of carbonyl (C=O) groups excluding carboxylic acids is 2. The van der Waals surface area contributed by atoms with E-state index in [0.29, 0.717) is 10.7 Å². The van der Waals surface area contributed by atoms with Gasteiger partial charge in [0.1, 0.15) is 5.60 Å². The van der Waals surface area contributed by atoms with Crippen LogP contribution in [0.1, 0.15) is 31.9 Å². The van der Waals surface area contributed by atoms with Crippen LogP contribution < -0.4 is 10.2 Å². The van der Waals surface area contributed by atoms with E-state index in [9.17, 15) is 14.8 Å². The first-order valence-corrected chi connectivity index (χ1v) is 9.04. The number of anilines is 1. The van der Waals surface area contributed by atoms with E-state index in [1.54, 1.807) is 32.9 Å². The second-order valence-electron chi connectivity index (χ2n) is 7.44. The number of nitrogens with zero attached hydrogens (tertiary/aromatic N) is 1. The van der Waals surface area contributed by atoms with E-state index in [4.69, 9.17) is 16.3 Å². The number of nitrogens with one attached hydrogen (secondary N) is 1. The molecule has 1 aliphatic heterocycles. The van der Waals surface area contributed by atoms with E-state index < -0.39 is 23.3 Å². The third-order valence-corrected chi connectivity index (χ3v) is 4.41. The second-order valence-corrected chi connectivity index (χ2v) is 7.87. The lowest BCUT2D eigenvalue weighted by atomic mass is 10.0. The minimum absolute atomic E-state index is 0.203. The molecule has 2 N–H and O–H groups in total. The van der Waals surface area contributed by atoms with Crippen molar-refractivity contribution in [2.45, 2.75) is 38.6 Å². The standard InChI is InChI=1S/C20H21ClN2O5/c1-19(2,3)27-18(25)22-20(28-26)15-10-9-14(21)11-16(15)23(17(20)24)12-13-7-5-4-6-8-13/h4-11,26H,12H2,1-3H3,(H,22,25)/t20-/m0/s1. The number of fused-ring (bicyclic) bond motifs is 1. The molecule has 28 heavy (non-hydrogen) atoms. The number of amides is 2. The highest BCUT2D eigenvalue weighted by atomic mass is 35.5.